The number of hydrogen-bond acceptors (Lipinski definition) is 4. The Morgan fingerprint density at radius 3 is 2.19 bits per heavy atom. The quantitative estimate of drug-likeness (QED) is 0.449. The van der Waals surface area contributed by atoms with Gasteiger partial charge in [0.1, 0.15) is 12.6 Å². The molecule has 0 bridgehead atoms. The van der Waals surface area contributed by atoms with E-state index < -0.39 is 28.5 Å². The molecule has 0 unspecified atom stereocenters. The summed E-state index contributed by atoms with van der Waals surface area (Å²) in [5, 5.41) is 3.02. The summed E-state index contributed by atoms with van der Waals surface area (Å²) in [7, 11) is -2.62. The zero-order valence-electron chi connectivity index (χ0n) is 20.7. The fourth-order valence-electron chi connectivity index (χ4n) is 3.82. The maximum Gasteiger partial charge on any atom is 0.264 e. The topological polar surface area (TPSA) is 86.8 Å². The van der Waals surface area contributed by atoms with Gasteiger partial charge in [0.15, 0.2) is 0 Å². The standard InChI is InChI=1S/C27H30ClN3O4S/c1-19-10-13-24(14-11-19)36(34,35)31(25-15-12-23(28)16-20(25)2)18-26(32)30(21(3)27(33)29-4)17-22-8-6-5-7-9-22/h5-16,21H,17-18H2,1-4H3,(H,29,33)/t21-/m0/s1. The first kappa shape index (κ1) is 27.2. The fourth-order valence-corrected chi connectivity index (χ4v) is 5.53. The van der Waals surface area contributed by atoms with E-state index >= 15 is 0 Å². The number of carbonyl (C=O) groups excluding carboxylic acids is 2. The number of anilines is 1. The van der Waals surface area contributed by atoms with Gasteiger partial charge in [-0.05, 0) is 62.2 Å². The molecule has 0 radical (unpaired) electrons. The number of sulfonamides is 1. The lowest BCUT2D eigenvalue weighted by atomic mass is 10.1. The average Bonchev–Trinajstić information content (AvgIpc) is 2.86. The number of nitrogens with one attached hydrogen (secondary N) is 1. The number of halogens is 1. The van der Waals surface area contributed by atoms with Crippen molar-refractivity contribution in [2.45, 2.75) is 38.3 Å². The van der Waals surface area contributed by atoms with Crippen molar-refractivity contribution in [1.82, 2.24) is 10.2 Å². The summed E-state index contributed by atoms with van der Waals surface area (Å²) in [5.74, 6) is -0.866. The summed E-state index contributed by atoms with van der Waals surface area (Å²) >= 11 is 6.12. The Morgan fingerprint density at radius 1 is 0.972 bits per heavy atom. The van der Waals surface area contributed by atoms with E-state index in [1.54, 1.807) is 44.2 Å². The Kier molecular flexibility index (Phi) is 8.76. The average molecular weight is 528 g/mol. The van der Waals surface area contributed by atoms with Gasteiger partial charge in [-0.3, -0.25) is 13.9 Å². The molecule has 0 saturated carbocycles. The molecule has 190 valence electrons. The lowest BCUT2D eigenvalue weighted by Crippen LogP contribution is -2.50. The monoisotopic (exact) mass is 527 g/mol. The van der Waals surface area contributed by atoms with Gasteiger partial charge in [0.05, 0.1) is 10.6 Å². The Bertz CT molecular complexity index is 1330. The number of likely N-dealkylation sites (N-methyl/N-ethyl adjacent to an activating group) is 1. The first-order valence-electron chi connectivity index (χ1n) is 11.4. The largest absolute Gasteiger partial charge is 0.357 e. The molecule has 0 heterocycles. The van der Waals surface area contributed by atoms with Crippen LogP contribution >= 0.6 is 11.6 Å². The second-order valence-electron chi connectivity index (χ2n) is 8.55. The van der Waals surface area contributed by atoms with Gasteiger partial charge in [0, 0.05) is 18.6 Å². The predicted octanol–water partition coefficient (Wildman–Crippen LogP) is 4.32. The maximum absolute atomic E-state index is 13.8. The third kappa shape index (κ3) is 6.25. The lowest BCUT2D eigenvalue weighted by Gasteiger charge is -2.32. The fraction of sp³-hybridized carbons (Fsp3) is 0.259. The highest BCUT2D eigenvalue weighted by molar-refractivity contribution is 7.92. The first-order chi connectivity index (χ1) is 17.0. The Hall–Kier alpha value is -3.36. The van der Waals surface area contributed by atoms with Crippen LogP contribution in [0.25, 0.3) is 0 Å². The highest BCUT2D eigenvalue weighted by atomic mass is 35.5. The second-order valence-corrected chi connectivity index (χ2v) is 10.9. The van der Waals surface area contributed by atoms with Gasteiger partial charge in [-0.25, -0.2) is 8.42 Å². The van der Waals surface area contributed by atoms with E-state index in [2.05, 4.69) is 5.32 Å². The van der Waals surface area contributed by atoms with Crippen molar-refractivity contribution in [3.63, 3.8) is 0 Å². The van der Waals surface area contributed by atoms with E-state index in [1.165, 1.54) is 24.1 Å². The van der Waals surface area contributed by atoms with Crippen molar-refractivity contribution in [1.29, 1.82) is 0 Å². The molecule has 0 saturated heterocycles. The van der Waals surface area contributed by atoms with Crippen LogP contribution in [0.3, 0.4) is 0 Å². The summed E-state index contributed by atoms with van der Waals surface area (Å²) in [5.41, 5.74) is 2.66. The molecule has 0 aromatic heterocycles. The highest BCUT2D eigenvalue weighted by Gasteiger charge is 2.32. The van der Waals surface area contributed by atoms with Crippen LogP contribution in [0.5, 0.6) is 0 Å². The Morgan fingerprint density at radius 2 is 1.61 bits per heavy atom. The van der Waals surface area contributed by atoms with Gasteiger partial charge in [0.25, 0.3) is 10.0 Å². The molecule has 3 aromatic rings. The normalized spacial score (nSPS) is 12.0. The van der Waals surface area contributed by atoms with Gasteiger partial charge in [-0.1, -0.05) is 59.6 Å². The van der Waals surface area contributed by atoms with Crippen LogP contribution in [-0.4, -0.2) is 44.8 Å². The van der Waals surface area contributed by atoms with E-state index in [4.69, 9.17) is 11.6 Å². The van der Waals surface area contributed by atoms with Crippen molar-refractivity contribution in [2.24, 2.45) is 0 Å². The highest BCUT2D eigenvalue weighted by Crippen LogP contribution is 2.29. The van der Waals surface area contributed by atoms with Crippen molar-refractivity contribution in [3.05, 3.63) is 94.5 Å². The summed E-state index contributed by atoms with van der Waals surface area (Å²) < 4.78 is 28.7. The first-order valence-corrected chi connectivity index (χ1v) is 13.3. The van der Waals surface area contributed by atoms with Crippen molar-refractivity contribution in [2.75, 3.05) is 17.9 Å². The number of benzene rings is 3. The molecule has 9 heteroatoms. The van der Waals surface area contributed by atoms with Gasteiger partial charge in [-0.15, -0.1) is 0 Å². The third-order valence-electron chi connectivity index (χ3n) is 5.92. The van der Waals surface area contributed by atoms with E-state index in [9.17, 15) is 18.0 Å². The zero-order chi connectivity index (χ0) is 26.5. The molecule has 3 aromatic carbocycles. The van der Waals surface area contributed by atoms with Crippen molar-refractivity contribution in [3.8, 4) is 0 Å². The molecular formula is C27H30ClN3O4S. The van der Waals surface area contributed by atoms with Crippen molar-refractivity contribution >= 4 is 39.1 Å². The zero-order valence-corrected chi connectivity index (χ0v) is 22.3. The van der Waals surface area contributed by atoms with Crippen molar-refractivity contribution < 1.29 is 18.0 Å². The SMILES string of the molecule is CNC(=O)[C@H](C)N(Cc1ccccc1)C(=O)CN(c1ccc(Cl)cc1C)S(=O)(=O)c1ccc(C)cc1. The molecule has 0 aliphatic rings. The second kappa shape index (κ2) is 11.6. The smallest absolute Gasteiger partial charge is 0.264 e. The van der Waals surface area contributed by atoms with Crippen LogP contribution in [0.4, 0.5) is 5.69 Å². The molecule has 0 aliphatic carbocycles. The number of rotatable bonds is 9. The van der Waals surface area contributed by atoms with E-state index in [1.807, 2.05) is 37.3 Å². The van der Waals surface area contributed by atoms with Crippen LogP contribution in [0, 0.1) is 13.8 Å². The van der Waals surface area contributed by atoms with Crippen LogP contribution in [-0.2, 0) is 26.2 Å². The number of aryl methyl sites for hydroxylation is 2. The summed E-state index contributed by atoms with van der Waals surface area (Å²) in [4.78, 5) is 27.7. The number of amides is 2. The summed E-state index contributed by atoms with van der Waals surface area (Å²) in [6, 6.07) is 19.7. The van der Waals surface area contributed by atoms with Gasteiger partial charge < -0.3 is 10.2 Å². The van der Waals surface area contributed by atoms with Crippen LogP contribution in [0.1, 0.15) is 23.6 Å². The van der Waals surface area contributed by atoms with Gasteiger partial charge in [0.2, 0.25) is 11.8 Å². The minimum absolute atomic E-state index is 0.0595. The molecule has 0 aliphatic heterocycles. The molecule has 0 fully saturated rings. The molecule has 1 atom stereocenters. The number of nitrogens with zero attached hydrogens (tertiary/aromatic N) is 2. The third-order valence-corrected chi connectivity index (χ3v) is 7.93. The van der Waals surface area contributed by atoms with Crippen LogP contribution in [0.2, 0.25) is 5.02 Å². The Balaban J connectivity index is 2.06. The molecular weight excluding hydrogens is 498 g/mol. The van der Waals surface area contributed by atoms with Gasteiger partial charge in [-0.2, -0.15) is 0 Å². The van der Waals surface area contributed by atoms with E-state index in [0.717, 1.165) is 15.4 Å². The predicted molar refractivity (Wildman–Crippen MR) is 142 cm³/mol. The molecule has 0 spiro atoms. The summed E-state index contributed by atoms with van der Waals surface area (Å²) in [6.45, 7) is 4.87. The molecule has 1 N–H and O–H groups in total. The van der Waals surface area contributed by atoms with E-state index in [-0.39, 0.29) is 17.3 Å². The minimum Gasteiger partial charge on any atom is -0.357 e. The Labute approximate surface area is 217 Å². The lowest BCUT2D eigenvalue weighted by molar-refractivity contribution is -0.139. The minimum atomic E-state index is -4.12. The van der Waals surface area contributed by atoms with Crippen LogP contribution in [0.15, 0.2) is 77.7 Å². The summed E-state index contributed by atoms with van der Waals surface area (Å²) in [6.07, 6.45) is 0. The molecule has 3 rings (SSSR count). The van der Waals surface area contributed by atoms with Gasteiger partial charge >= 0.3 is 0 Å². The number of hydrogen-bond donors (Lipinski definition) is 1. The molecule has 2 amide bonds. The maximum atomic E-state index is 13.8. The number of carbonyl (C=O) groups is 2. The molecule has 7 nitrogen and oxygen atoms in total. The van der Waals surface area contributed by atoms with E-state index in [0.29, 0.717) is 16.3 Å². The van der Waals surface area contributed by atoms with Crippen LogP contribution < -0.4 is 9.62 Å². The molecule has 36 heavy (non-hydrogen) atoms.